The van der Waals surface area contributed by atoms with E-state index in [1.165, 1.54) is 12.1 Å². The molecule has 0 aliphatic heterocycles. The van der Waals surface area contributed by atoms with Crippen LogP contribution in [0.5, 0.6) is 11.5 Å². The van der Waals surface area contributed by atoms with Crippen molar-refractivity contribution in [1.82, 2.24) is 4.90 Å². The number of rotatable bonds is 5. The number of benzene rings is 1. The molecule has 0 atom stereocenters. The zero-order valence-electron chi connectivity index (χ0n) is 11.7. The molecule has 0 aliphatic rings. The van der Waals surface area contributed by atoms with E-state index in [0.717, 1.165) is 6.07 Å². The van der Waals surface area contributed by atoms with Gasteiger partial charge in [0.15, 0.2) is 0 Å². The molecule has 0 bridgehead atoms. The van der Waals surface area contributed by atoms with Gasteiger partial charge in [-0.1, -0.05) is 13.8 Å². The monoisotopic (exact) mass is 266 g/mol. The summed E-state index contributed by atoms with van der Waals surface area (Å²) in [5.41, 5.74) is 5.68. The van der Waals surface area contributed by atoms with Gasteiger partial charge < -0.3 is 20.8 Å². The van der Waals surface area contributed by atoms with Gasteiger partial charge in [-0.25, -0.2) is 0 Å². The van der Waals surface area contributed by atoms with E-state index in [2.05, 4.69) is 0 Å². The Morgan fingerprint density at radius 1 is 1.37 bits per heavy atom. The highest BCUT2D eigenvalue weighted by atomic mass is 16.3. The van der Waals surface area contributed by atoms with Crippen molar-refractivity contribution in [1.29, 1.82) is 0 Å². The number of carbonyl (C=O) groups excluding carboxylic acids is 1. The smallest absolute Gasteiger partial charge is 0.257 e. The zero-order valence-corrected chi connectivity index (χ0v) is 11.7. The molecule has 0 saturated heterocycles. The minimum absolute atomic E-state index is 0.0700. The quantitative estimate of drug-likeness (QED) is 0.754. The molecular formula is C14H22N2O3. The Labute approximate surface area is 113 Å². The van der Waals surface area contributed by atoms with E-state index in [9.17, 15) is 15.0 Å². The van der Waals surface area contributed by atoms with E-state index in [4.69, 9.17) is 5.73 Å². The number of hydrogen-bond donors (Lipinski definition) is 3. The van der Waals surface area contributed by atoms with Crippen LogP contribution >= 0.6 is 0 Å². The van der Waals surface area contributed by atoms with Crippen LogP contribution in [0.3, 0.4) is 0 Å². The second kappa shape index (κ2) is 5.93. The Hall–Kier alpha value is -1.75. The number of nitrogens with zero attached hydrogens (tertiary/aromatic N) is 1. The first-order chi connectivity index (χ1) is 8.80. The summed E-state index contributed by atoms with van der Waals surface area (Å²) in [7, 11) is 0. The summed E-state index contributed by atoms with van der Waals surface area (Å²) in [6.45, 7) is 7.36. The van der Waals surface area contributed by atoms with Crippen molar-refractivity contribution in [2.24, 2.45) is 11.1 Å². The minimum atomic E-state index is -0.262. The van der Waals surface area contributed by atoms with Crippen LogP contribution in [-0.4, -0.2) is 40.7 Å². The van der Waals surface area contributed by atoms with Gasteiger partial charge in [0.1, 0.15) is 11.5 Å². The maximum Gasteiger partial charge on any atom is 0.257 e. The maximum atomic E-state index is 12.3. The molecule has 0 heterocycles. The van der Waals surface area contributed by atoms with Gasteiger partial charge in [-0.3, -0.25) is 4.79 Å². The Kier molecular flexibility index (Phi) is 4.78. The summed E-state index contributed by atoms with van der Waals surface area (Å²) >= 11 is 0. The van der Waals surface area contributed by atoms with E-state index in [1.807, 2.05) is 20.8 Å². The Morgan fingerprint density at radius 3 is 2.47 bits per heavy atom. The number of hydrogen-bond acceptors (Lipinski definition) is 4. The van der Waals surface area contributed by atoms with Gasteiger partial charge in [0, 0.05) is 19.2 Å². The third-order valence-corrected chi connectivity index (χ3v) is 3.05. The van der Waals surface area contributed by atoms with Gasteiger partial charge >= 0.3 is 0 Å². The molecule has 5 nitrogen and oxygen atoms in total. The van der Waals surface area contributed by atoms with Crippen LogP contribution in [0.4, 0.5) is 0 Å². The van der Waals surface area contributed by atoms with Crippen LogP contribution in [0.1, 0.15) is 31.1 Å². The van der Waals surface area contributed by atoms with E-state index in [1.54, 1.807) is 4.90 Å². The summed E-state index contributed by atoms with van der Waals surface area (Å²) in [6, 6.07) is 3.97. The maximum absolute atomic E-state index is 12.3. The predicted octanol–water partition coefficient (Wildman–Crippen LogP) is 1.54. The minimum Gasteiger partial charge on any atom is -0.508 e. The number of aromatic hydroxyl groups is 2. The SMILES string of the molecule is CCN(CC(C)(C)CN)C(=O)c1ccc(O)cc1O. The van der Waals surface area contributed by atoms with E-state index >= 15 is 0 Å². The summed E-state index contributed by atoms with van der Waals surface area (Å²) in [6.07, 6.45) is 0. The number of phenolic OH excluding ortho intramolecular Hbond substituents is 2. The number of amides is 1. The predicted molar refractivity (Wildman–Crippen MR) is 74.2 cm³/mol. The molecule has 0 unspecified atom stereocenters. The highest BCUT2D eigenvalue weighted by Crippen LogP contribution is 2.25. The summed E-state index contributed by atoms with van der Waals surface area (Å²) in [4.78, 5) is 14.0. The van der Waals surface area contributed by atoms with Crippen molar-refractivity contribution in [2.75, 3.05) is 19.6 Å². The second-order valence-electron chi connectivity index (χ2n) is 5.39. The Bertz CT molecular complexity index is 458. The topological polar surface area (TPSA) is 86.8 Å². The summed E-state index contributed by atoms with van der Waals surface area (Å²) in [5, 5.41) is 19.0. The highest BCUT2D eigenvalue weighted by Gasteiger charge is 2.25. The van der Waals surface area contributed by atoms with Crippen molar-refractivity contribution in [3.8, 4) is 11.5 Å². The van der Waals surface area contributed by atoms with Gasteiger partial charge in [0.2, 0.25) is 0 Å². The van der Waals surface area contributed by atoms with Crippen LogP contribution in [0.15, 0.2) is 18.2 Å². The Morgan fingerprint density at radius 2 is 2.00 bits per heavy atom. The lowest BCUT2D eigenvalue weighted by molar-refractivity contribution is 0.0698. The van der Waals surface area contributed by atoms with Crippen molar-refractivity contribution >= 4 is 5.91 Å². The molecule has 0 radical (unpaired) electrons. The lowest BCUT2D eigenvalue weighted by Gasteiger charge is -2.31. The van der Waals surface area contributed by atoms with Gasteiger partial charge in [0.05, 0.1) is 5.56 Å². The molecule has 5 heteroatoms. The molecule has 0 aliphatic carbocycles. The number of phenols is 2. The Balaban J connectivity index is 2.96. The first-order valence-corrected chi connectivity index (χ1v) is 6.32. The molecule has 1 amide bonds. The van der Waals surface area contributed by atoms with Crippen molar-refractivity contribution in [2.45, 2.75) is 20.8 Å². The normalized spacial score (nSPS) is 11.4. The van der Waals surface area contributed by atoms with E-state index in [-0.39, 0.29) is 28.4 Å². The highest BCUT2D eigenvalue weighted by molar-refractivity contribution is 5.97. The molecule has 19 heavy (non-hydrogen) atoms. The molecule has 4 N–H and O–H groups in total. The van der Waals surface area contributed by atoms with Gasteiger partial charge in [-0.05, 0) is 31.0 Å². The number of carbonyl (C=O) groups is 1. The first-order valence-electron chi connectivity index (χ1n) is 6.32. The molecule has 106 valence electrons. The molecular weight excluding hydrogens is 244 g/mol. The van der Waals surface area contributed by atoms with Crippen LogP contribution in [0.25, 0.3) is 0 Å². The second-order valence-corrected chi connectivity index (χ2v) is 5.39. The van der Waals surface area contributed by atoms with Crippen molar-refractivity contribution in [3.05, 3.63) is 23.8 Å². The summed E-state index contributed by atoms with van der Waals surface area (Å²) in [5.74, 6) is -0.546. The van der Waals surface area contributed by atoms with E-state index < -0.39 is 0 Å². The molecule has 0 fully saturated rings. The largest absolute Gasteiger partial charge is 0.508 e. The standard InChI is InChI=1S/C14H22N2O3/c1-4-16(9-14(2,3)8-15)13(19)11-6-5-10(17)7-12(11)18/h5-7,17-18H,4,8-9,15H2,1-3H3. The van der Waals surface area contributed by atoms with E-state index in [0.29, 0.717) is 19.6 Å². The fourth-order valence-corrected chi connectivity index (χ4v) is 1.78. The fourth-order valence-electron chi connectivity index (χ4n) is 1.78. The van der Waals surface area contributed by atoms with Gasteiger partial charge in [-0.15, -0.1) is 0 Å². The zero-order chi connectivity index (χ0) is 14.6. The van der Waals surface area contributed by atoms with Crippen molar-refractivity contribution < 1.29 is 15.0 Å². The number of nitrogens with two attached hydrogens (primary N) is 1. The summed E-state index contributed by atoms with van der Waals surface area (Å²) < 4.78 is 0. The lowest BCUT2D eigenvalue weighted by atomic mass is 9.93. The first kappa shape index (κ1) is 15.3. The van der Waals surface area contributed by atoms with Crippen LogP contribution in [-0.2, 0) is 0 Å². The third kappa shape index (κ3) is 3.86. The molecule has 0 aromatic heterocycles. The molecule has 1 aromatic rings. The van der Waals surface area contributed by atoms with Crippen LogP contribution in [0, 0.1) is 5.41 Å². The van der Waals surface area contributed by atoms with Gasteiger partial charge in [0.25, 0.3) is 5.91 Å². The van der Waals surface area contributed by atoms with Gasteiger partial charge in [-0.2, -0.15) is 0 Å². The van der Waals surface area contributed by atoms with Crippen LogP contribution < -0.4 is 5.73 Å². The van der Waals surface area contributed by atoms with Crippen molar-refractivity contribution in [3.63, 3.8) is 0 Å². The fraction of sp³-hybridized carbons (Fsp3) is 0.500. The molecule has 0 spiro atoms. The van der Waals surface area contributed by atoms with Crippen LogP contribution in [0.2, 0.25) is 0 Å². The lowest BCUT2D eigenvalue weighted by Crippen LogP contribution is -2.42. The average Bonchev–Trinajstić information content (AvgIpc) is 2.35. The average molecular weight is 266 g/mol. The molecule has 1 aromatic carbocycles. The third-order valence-electron chi connectivity index (χ3n) is 3.05. The molecule has 0 saturated carbocycles. The molecule has 1 rings (SSSR count).